The maximum Gasteiger partial charge on any atom is 0.338 e. The zero-order chi connectivity index (χ0) is 23.9. The van der Waals surface area contributed by atoms with E-state index in [0.717, 1.165) is 17.4 Å². The Morgan fingerprint density at radius 1 is 0.906 bits per heavy atom. The van der Waals surface area contributed by atoms with Crippen molar-refractivity contribution in [1.29, 1.82) is 0 Å². The summed E-state index contributed by atoms with van der Waals surface area (Å²) in [5.74, 6) is -2.42. The van der Waals surface area contributed by atoms with E-state index in [1.807, 2.05) is 13.8 Å². The number of hydrogen-bond donors (Lipinski definition) is 0. The Morgan fingerprint density at radius 2 is 1.38 bits per heavy atom. The molecule has 9 heteroatoms. The zero-order valence-electron chi connectivity index (χ0n) is 18.3. The first-order chi connectivity index (χ1) is 15.0. The van der Waals surface area contributed by atoms with Gasteiger partial charge >= 0.3 is 11.9 Å². The number of benzene rings is 2. The number of hydrogen-bond acceptors (Lipinski definition) is 8. The van der Waals surface area contributed by atoms with Crippen molar-refractivity contribution >= 4 is 28.3 Å². The van der Waals surface area contributed by atoms with Crippen LogP contribution in [0.5, 0.6) is 0 Å². The van der Waals surface area contributed by atoms with Crippen molar-refractivity contribution < 1.29 is 36.5 Å². The van der Waals surface area contributed by atoms with E-state index in [0.29, 0.717) is 6.29 Å². The Hall–Kier alpha value is -3.04. The fourth-order valence-corrected chi connectivity index (χ4v) is 3.43. The predicted molar refractivity (Wildman–Crippen MR) is 117 cm³/mol. The quantitative estimate of drug-likeness (QED) is 0.301. The predicted octanol–water partition coefficient (Wildman–Crippen LogP) is 2.87. The van der Waals surface area contributed by atoms with Crippen LogP contribution in [0.2, 0.25) is 0 Å². The van der Waals surface area contributed by atoms with Gasteiger partial charge in [0.05, 0.1) is 23.3 Å². The SMILES string of the molecule is Cc1ccc(C(=O)OC[C@H](OS(C)(=O)=O)[C@H](OC(=O)c2ccc(C)cc2)[C@H](C)C=O)cc1. The molecule has 0 unspecified atom stereocenters. The lowest BCUT2D eigenvalue weighted by molar-refractivity contribution is -0.117. The topological polar surface area (TPSA) is 113 Å². The zero-order valence-corrected chi connectivity index (χ0v) is 19.1. The Morgan fingerprint density at radius 3 is 1.81 bits per heavy atom. The first-order valence-electron chi connectivity index (χ1n) is 9.85. The molecule has 2 aromatic carbocycles. The number of ether oxygens (including phenoxy) is 2. The van der Waals surface area contributed by atoms with Gasteiger partial charge in [-0.15, -0.1) is 0 Å². The van der Waals surface area contributed by atoms with Crippen LogP contribution in [0, 0.1) is 19.8 Å². The molecule has 0 aromatic heterocycles. The minimum absolute atomic E-state index is 0.216. The highest BCUT2D eigenvalue weighted by Crippen LogP contribution is 2.19. The summed E-state index contributed by atoms with van der Waals surface area (Å²) in [5, 5.41) is 0. The molecule has 0 fully saturated rings. The van der Waals surface area contributed by atoms with Gasteiger partial charge in [-0.1, -0.05) is 42.3 Å². The van der Waals surface area contributed by atoms with Gasteiger partial charge in [0.25, 0.3) is 10.1 Å². The lowest BCUT2D eigenvalue weighted by Gasteiger charge is -2.28. The third-order valence-corrected chi connectivity index (χ3v) is 5.19. The second kappa shape index (κ2) is 11.0. The van der Waals surface area contributed by atoms with Crippen LogP contribution in [-0.2, 0) is 28.6 Å². The summed E-state index contributed by atoms with van der Waals surface area (Å²) in [6.07, 6.45) is -1.42. The van der Waals surface area contributed by atoms with Crippen LogP contribution in [0.4, 0.5) is 0 Å². The summed E-state index contributed by atoms with van der Waals surface area (Å²) in [5.41, 5.74) is 2.35. The number of carbonyl (C=O) groups excluding carboxylic acids is 3. The molecule has 0 saturated carbocycles. The number of carbonyl (C=O) groups is 3. The molecule has 8 nitrogen and oxygen atoms in total. The molecule has 0 aliphatic rings. The molecule has 0 saturated heterocycles. The summed E-state index contributed by atoms with van der Waals surface area (Å²) >= 11 is 0. The van der Waals surface area contributed by atoms with Crippen molar-refractivity contribution in [3.05, 3.63) is 70.8 Å². The molecule has 0 aliphatic heterocycles. The average molecular weight is 463 g/mol. The van der Waals surface area contributed by atoms with Crippen LogP contribution in [0.1, 0.15) is 38.8 Å². The van der Waals surface area contributed by atoms with Gasteiger partial charge in [0.1, 0.15) is 25.1 Å². The highest BCUT2D eigenvalue weighted by atomic mass is 32.2. The van der Waals surface area contributed by atoms with Gasteiger partial charge in [-0.2, -0.15) is 8.42 Å². The normalized spacial score (nSPS) is 14.1. The van der Waals surface area contributed by atoms with Crippen molar-refractivity contribution in [3.8, 4) is 0 Å². The molecule has 0 amide bonds. The van der Waals surface area contributed by atoms with E-state index >= 15 is 0 Å². The molecule has 0 heterocycles. The minimum atomic E-state index is -4.03. The van der Waals surface area contributed by atoms with Gasteiger partial charge in [0, 0.05) is 0 Å². The summed E-state index contributed by atoms with van der Waals surface area (Å²) in [6, 6.07) is 13.1. The van der Waals surface area contributed by atoms with Gasteiger partial charge in [-0.25, -0.2) is 9.59 Å². The molecule has 32 heavy (non-hydrogen) atoms. The smallest absolute Gasteiger partial charge is 0.338 e. The molecular weight excluding hydrogens is 436 g/mol. The fourth-order valence-electron chi connectivity index (χ4n) is 2.81. The van der Waals surface area contributed by atoms with Crippen LogP contribution >= 0.6 is 0 Å². The summed E-state index contributed by atoms with van der Waals surface area (Å²) < 4.78 is 39.3. The molecule has 0 N–H and O–H groups in total. The van der Waals surface area contributed by atoms with E-state index in [1.54, 1.807) is 48.5 Å². The maximum atomic E-state index is 12.6. The van der Waals surface area contributed by atoms with Crippen molar-refractivity contribution in [1.82, 2.24) is 0 Å². The van der Waals surface area contributed by atoms with Gasteiger partial charge in [-0.3, -0.25) is 4.18 Å². The Balaban J connectivity index is 2.24. The molecule has 3 atom stereocenters. The van der Waals surface area contributed by atoms with Crippen molar-refractivity contribution in [3.63, 3.8) is 0 Å². The minimum Gasteiger partial charge on any atom is -0.459 e. The molecule has 2 aromatic rings. The standard InChI is InChI=1S/C23H26O8S/c1-15-5-9-18(10-6-15)22(25)29-14-20(31-32(4,27)28)21(17(3)13-24)30-23(26)19-11-7-16(2)8-12-19/h5-13,17,20-21H,14H2,1-4H3/t17-,20+,21-/m1/s1. The fraction of sp³-hybridized carbons (Fsp3) is 0.348. The van der Waals surface area contributed by atoms with E-state index in [4.69, 9.17) is 13.7 Å². The number of aldehydes is 1. The van der Waals surface area contributed by atoms with Crippen LogP contribution in [0.15, 0.2) is 48.5 Å². The first-order valence-corrected chi connectivity index (χ1v) is 11.7. The Labute approximate surface area is 187 Å². The van der Waals surface area contributed by atoms with Crippen molar-refractivity contribution in [2.24, 2.45) is 5.92 Å². The Bertz CT molecular complexity index is 1040. The summed E-state index contributed by atoms with van der Waals surface area (Å²) in [7, 11) is -4.03. The third-order valence-electron chi connectivity index (χ3n) is 4.59. The first kappa shape index (κ1) is 25.2. The average Bonchev–Trinajstić information content (AvgIpc) is 2.74. The van der Waals surface area contributed by atoms with Gasteiger partial charge < -0.3 is 14.3 Å². The maximum absolute atomic E-state index is 12.6. The van der Waals surface area contributed by atoms with Crippen molar-refractivity contribution in [2.75, 3.05) is 12.9 Å². The molecule has 0 spiro atoms. The second-order valence-corrected chi connectivity index (χ2v) is 9.14. The summed E-state index contributed by atoms with van der Waals surface area (Å²) in [4.78, 5) is 36.4. The molecule has 2 rings (SSSR count). The van der Waals surface area contributed by atoms with Crippen LogP contribution in [-0.4, -0.2) is 51.7 Å². The lowest BCUT2D eigenvalue weighted by atomic mass is 10.0. The van der Waals surface area contributed by atoms with E-state index in [-0.39, 0.29) is 11.1 Å². The van der Waals surface area contributed by atoms with Gasteiger partial charge in [-0.05, 0) is 38.1 Å². The van der Waals surface area contributed by atoms with Crippen LogP contribution in [0.25, 0.3) is 0 Å². The Kier molecular flexibility index (Phi) is 8.68. The molecule has 172 valence electrons. The number of rotatable bonds is 10. The summed E-state index contributed by atoms with van der Waals surface area (Å²) in [6.45, 7) is 4.61. The highest BCUT2D eigenvalue weighted by molar-refractivity contribution is 7.86. The molecular formula is C23H26O8S. The second-order valence-electron chi connectivity index (χ2n) is 7.53. The number of aryl methyl sites for hydroxylation is 2. The number of esters is 2. The molecule has 0 bridgehead atoms. The molecule has 0 aliphatic carbocycles. The molecule has 0 radical (unpaired) electrons. The highest BCUT2D eigenvalue weighted by Gasteiger charge is 2.35. The van der Waals surface area contributed by atoms with E-state index < -0.39 is 46.8 Å². The monoisotopic (exact) mass is 462 g/mol. The lowest BCUT2D eigenvalue weighted by Crippen LogP contribution is -2.43. The van der Waals surface area contributed by atoms with E-state index in [9.17, 15) is 22.8 Å². The van der Waals surface area contributed by atoms with Gasteiger partial charge in [0.2, 0.25) is 0 Å². The van der Waals surface area contributed by atoms with Crippen LogP contribution < -0.4 is 0 Å². The van der Waals surface area contributed by atoms with Crippen molar-refractivity contribution in [2.45, 2.75) is 33.0 Å². The van der Waals surface area contributed by atoms with Gasteiger partial charge in [0.15, 0.2) is 0 Å². The van der Waals surface area contributed by atoms with E-state index in [2.05, 4.69) is 0 Å². The largest absolute Gasteiger partial charge is 0.459 e. The van der Waals surface area contributed by atoms with E-state index in [1.165, 1.54) is 6.92 Å². The van der Waals surface area contributed by atoms with Crippen LogP contribution in [0.3, 0.4) is 0 Å². The third kappa shape index (κ3) is 7.58.